The fraction of sp³-hybridized carbons (Fsp3) is 0.429. The Morgan fingerprint density at radius 2 is 2.27 bits per heavy atom. The van der Waals surface area contributed by atoms with Crippen molar-refractivity contribution in [3.05, 3.63) is 11.1 Å². The zero-order valence-electron chi connectivity index (χ0n) is 7.68. The van der Waals surface area contributed by atoms with Crippen LogP contribution in [-0.2, 0) is 0 Å². The van der Waals surface area contributed by atoms with Gasteiger partial charge in [-0.1, -0.05) is 0 Å². The van der Waals surface area contributed by atoms with Crippen LogP contribution >= 0.6 is 11.3 Å². The lowest BCUT2D eigenvalue weighted by Crippen LogP contribution is -2.36. The molecular weight excluding hydrogens is 231 g/mol. The van der Waals surface area contributed by atoms with E-state index < -0.39 is 18.8 Å². The Morgan fingerprint density at radius 1 is 1.60 bits per heavy atom. The van der Waals surface area contributed by atoms with Crippen LogP contribution < -0.4 is 10.6 Å². The van der Waals surface area contributed by atoms with Gasteiger partial charge in [0.2, 0.25) is 0 Å². The quantitative estimate of drug-likeness (QED) is 0.830. The smallest absolute Gasteiger partial charge is 0.329 e. The first kappa shape index (κ1) is 11.8. The number of halogens is 3. The van der Waals surface area contributed by atoms with E-state index >= 15 is 0 Å². The molecule has 84 valence electrons. The lowest BCUT2D eigenvalue weighted by Gasteiger charge is -2.07. The van der Waals surface area contributed by atoms with E-state index in [1.807, 2.05) is 0 Å². The summed E-state index contributed by atoms with van der Waals surface area (Å²) in [6, 6.07) is -0.915. The van der Waals surface area contributed by atoms with Crippen LogP contribution in [0.2, 0.25) is 0 Å². The molecule has 1 aromatic rings. The molecule has 1 aromatic heterocycles. The van der Waals surface area contributed by atoms with Gasteiger partial charge >= 0.3 is 12.2 Å². The van der Waals surface area contributed by atoms with Crippen LogP contribution in [0, 0.1) is 6.92 Å². The Bertz CT molecular complexity index is 349. The number of nitrogens with zero attached hydrogens (tertiary/aromatic N) is 1. The number of rotatable bonds is 2. The maximum atomic E-state index is 11.7. The zero-order chi connectivity index (χ0) is 11.5. The molecule has 1 rings (SSSR count). The molecule has 2 N–H and O–H groups in total. The van der Waals surface area contributed by atoms with Gasteiger partial charge in [0.05, 0.1) is 5.69 Å². The van der Waals surface area contributed by atoms with Crippen LogP contribution in [0.5, 0.6) is 0 Å². The highest BCUT2D eigenvalue weighted by atomic mass is 32.1. The monoisotopic (exact) mass is 239 g/mol. The molecule has 0 aromatic carbocycles. The minimum absolute atomic E-state index is 0.271. The summed E-state index contributed by atoms with van der Waals surface area (Å²) < 4.78 is 35.1. The lowest BCUT2D eigenvalue weighted by molar-refractivity contribution is -0.122. The van der Waals surface area contributed by atoms with Crippen molar-refractivity contribution >= 4 is 22.5 Å². The van der Waals surface area contributed by atoms with E-state index in [1.165, 1.54) is 0 Å². The first-order chi connectivity index (χ1) is 6.87. The first-order valence-corrected chi connectivity index (χ1v) is 4.78. The number of anilines is 1. The van der Waals surface area contributed by atoms with Gasteiger partial charge in [-0.25, -0.2) is 9.78 Å². The van der Waals surface area contributed by atoms with Gasteiger partial charge in [-0.15, -0.1) is 11.3 Å². The van der Waals surface area contributed by atoms with E-state index in [0.29, 0.717) is 5.69 Å². The van der Waals surface area contributed by atoms with E-state index in [9.17, 15) is 18.0 Å². The van der Waals surface area contributed by atoms with Crippen molar-refractivity contribution in [1.82, 2.24) is 10.3 Å². The molecule has 0 spiro atoms. The fourth-order valence-electron chi connectivity index (χ4n) is 0.733. The number of alkyl halides is 3. The number of hydrogen-bond donors (Lipinski definition) is 2. The summed E-state index contributed by atoms with van der Waals surface area (Å²) in [5, 5.41) is 5.82. The molecule has 0 atom stereocenters. The number of carbonyl (C=O) groups is 1. The Balaban J connectivity index is 2.37. The minimum atomic E-state index is -4.41. The predicted molar refractivity (Wildman–Crippen MR) is 49.9 cm³/mol. The maximum Gasteiger partial charge on any atom is 0.405 e. The number of amides is 2. The number of urea groups is 1. The first-order valence-electron chi connectivity index (χ1n) is 3.90. The summed E-state index contributed by atoms with van der Waals surface area (Å²) in [6.45, 7) is 0.360. The van der Waals surface area contributed by atoms with Crippen LogP contribution in [0.15, 0.2) is 5.38 Å². The Kier molecular flexibility index (Phi) is 3.51. The summed E-state index contributed by atoms with van der Waals surface area (Å²) in [7, 11) is 0. The van der Waals surface area contributed by atoms with Crippen molar-refractivity contribution in [1.29, 1.82) is 0 Å². The summed E-state index contributed by atoms with van der Waals surface area (Å²) in [5.41, 5.74) is 0.700. The highest BCUT2D eigenvalue weighted by Crippen LogP contribution is 2.15. The molecule has 8 heteroatoms. The van der Waals surface area contributed by atoms with E-state index in [0.717, 1.165) is 11.3 Å². The van der Waals surface area contributed by atoms with Crippen LogP contribution in [0.1, 0.15) is 5.69 Å². The molecule has 0 saturated carbocycles. The van der Waals surface area contributed by atoms with E-state index in [4.69, 9.17) is 0 Å². The number of aryl methyl sites for hydroxylation is 1. The molecule has 0 aliphatic heterocycles. The zero-order valence-corrected chi connectivity index (χ0v) is 8.50. The molecule has 4 nitrogen and oxygen atoms in total. The van der Waals surface area contributed by atoms with Crippen molar-refractivity contribution in [2.24, 2.45) is 0 Å². The van der Waals surface area contributed by atoms with Gasteiger partial charge in [0.15, 0.2) is 5.13 Å². The minimum Gasteiger partial charge on any atom is -0.329 e. The third-order valence-electron chi connectivity index (χ3n) is 1.29. The molecule has 0 aliphatic rings. The number of nitrogens with one attached hydrogen (secondary N) is 2. The van der Waals surface area contributed by atoms with Gasteiger partial charge in [-0.2, -0.15) is 13.2 Å². The number of carbonyl (C=O) groups excluding carboxylic acids is 1. The van der Waals surface area contributed by atoms with Crippen LogP contribution in [0.25, 0.3) is 0 Å². The second-order valence-corrected chi connectivity index (χ2v) is 3.57. The van der Waals surface area contributed by atoms with Crippen LogP contribution in [0.4, 0.5) is 23.1 Å². The number of aromatic nitrogens is 1. The highest BCUT2D eigenvalue weighted by Gasteiger charge is 2.27. The molecular formula is C7H8F3N3OS. The van der Waals surface area contributed by atoms with Crippen LogP contribution in [-0.4, -0.2) is 23.7 Å². The fourth-order valence-corrected chi connectivity index (χ4v) is 1.42. The maximum absolute atomic E-state index is 11.7. The largest absolute Gasteiger partial charge is 0.405 e. The Morgan fingerprint density at radius 3 is 2.73 bits per heavy atom. The van der Waals surface area contributed by atoms with Gasteiger partial charge in [0, 0.05) is 5.38 Å². The molecule has 0 saturated heterocycles. The topological polar surface area (TPSA) is 54.0 Å². The second kappa shape index (κ2) is 4.47. The molecule has 0 unspecified atom stereocenters. The van der Waals surface area contributed by atoms with Crippen molar-refractivity contribution in [2.75, 3.05) is 11.9 Å². The average molecular weight is 239 g/mol. The normalized spacial score (nSPS) is 11.2. The highest BCUT2D eigenvalue weighted by molar-refractivity contribution is 7.13. The summed E-state index contributed by atoms with van der Waals surface area (Å²) in [4.78, 5) is 14.8. The third-order valence-corrected chi connectivity index (χ3v) is 2.16. The van der Waals surface area contributed by atoms with E-state index in [1.54, 1.807) is 17.6 Å². The lowest BCUT2D eigenvalue weighted by atomic mass is 10.6. The van der Waals surface area contributed by atoms with Crippen LogP contribution in [0.3, 0.4) is 0 Å². The molecule has 0 fully saturated rings. The van der Waals surface area contributed by atoms with Gasteiger partial charge in [-0.05, 0) is 6.92 Å². The standard InChI is InChI=1S/C7H8F3N3OS/c1-4-2-15-6(12-4)13-5(14)11-3-7(8,9)10/h2H,3H2,1H3,(H2,11,12,13,14). The third kappa shape index (κ3) is 4.63. The Hall–Kier alpha value is -1.31. The molecule has 0 radical (unpaired) electrons. The van der Waals surface area contributed by atoms with E-state index in [2.05, 4.69) is 10.3 Å². The summed E-state index contributed by atoms with van der Waals surface area (Å²) in [6.07, 6.45) is -4.41. The van der Waals surface area contributed by atoms with Crippen molar-refractivity contribution in [3.8, 4) is 0 Å². The van der Waals surface area contributed by atoms with E-state index in [-0.39, 0.29) is 5.13 Å². The van der Waals surface area contributed by atoms with Gasteiger partial charge in [-0.3, -0.25) is 5.32 Å². The summed E-state index contributed by atoms with van der Waals surface area (Å²) >= 11 is 1.15. The average Bonchev–Trinajstić information content (AvgIpc) is 2.47. The number of thiazole rings is 1. The van der Waals surface area contributed by atoms with Crippen molar-refractivity contribution in [3.63, 3.8) is 0 Å². The number of hydrogen-bond acceptors (Lipinski definition) is 3. The molecule has 0 aliphatic carbocycles. The molecule has 2 amide bonds. The Labute approximate surface area is 87.5 Å². The molecule has 0 bridgehead atoms. The van der Waals surface area contributed by atoms with Gasteiger partial charge in [0.25, 0.3) is 0 Å². The van der Waals surface area contributed by atoms with Crippen molar-refractivity contribution < 1.29 is 18.0 Å². The van der Waals surface area contributed by atoms with Gasteiger partial charge < -0.3 is 5.32 Å². The second-order valence-electron chi connectivity index (χ2n) is 2.72. The predicted octanol–water partition coefficient (Wildman–Crippen LogP) is 2.14. The van der Waals surface area contributed by atoms with Gasteiger partial charge in [0.1, 0.15) is 6.54 Å². The molecule has 1 heterocycles. The molecule has 15 heavy (non-hydrogen) atoms. The SMILES string of the molecule is Cc1csc(NC(=O)NCC(F)(F)F)n1. The van der Waals surface area contributed by atoms with Crippen molar-refractivity contribution in [2.45, 2.75) is 13.1 Å². The summed E-state index contributed by atoms with van der Waals surface area (Å²) in [5.74, 6) is 0.